The number of benzene rings is 2. The van der Waals surface area contributed by atoms with Crippen molar-refractivity contribution in [3.63, 3.8) is 0 Å². The van der Waals surface area contributed by atoms with E-state index in [4.69, 9.17) is 11.6 Å². The Kier molecular flexibility index (Phi) is 5.81. The standard InChI is InChI=1S/C21H23ClN4S/c1-25-20(16-6-3-2-4-7-16)23-24-21(25)27-13-5-11-26-12-10-17-14-19(22)9-8-18(17)15-26/h2-4,6-9,14H,5,10-13,15H2,1H3. The van der Waals surface area contributed by atoms with Gasteiger partial charge < -0.3 is 4.57 Å². The van der Waals surface area contributed by atoms with Gasteiger partial charge in [0.25, 0.3) is 0 Å². The summed E-state index contributed by atoms with van der Waals surface area (Å²) in [6.07, 6.45) is 2.23. The molecule has 0 unspecified atom stereocenters. The molecule has 3 aromatic rings. The van der Waals surface area contributed by atoms with Gasteiger partial charge in [0.15, 0.2) is 11.0 Å². The van der Waals surface area contributed by atoms with Crippen LogP contribution in [0.5, 0.6) is 0 Å². The molecule has 1 aromatic heterocycles. The van der Waals surface area contributed by atoms with Crippen LogP contribution in [0, 0.1) is 0 Å². The lowest BCUT2D eigenvalue weighted by Gasteiger charge is -2.28. The van der Waals surface area contributed by atoms with Crippen LogP contribution in [0.1, 0.15) is 17.5 Å². The first-order chi connectivity index (χ1) is 13.2. The van der Waals surface area contributed by atoms with Crippen molar-refractivity contribution >= 4 is 23.4 Å². The molecule has 1 aliphatic heterocycles. The minimum absolute atomic E-state index is 0.845. The molecule has 1 aliphatic rings. The number of thioether (sulfide) groups is 1. The summed E-state index contributed by atoms with van der Waals surface area (Å²) in [6, 6.07) is 16.5. The van der Waals surface area contributed by atoms with E-state index >= 15 is 0 Å². The predicted octanol–water partition coefficient (Wildman–Crippen LogP) is 4.68. The third-order valence-electron chi connectivity index (χ3n) is 4.98. The quantitative estimate of drug-likeness (QED) is 0.446. The summed E-state index contributed by atoms with van der Waals surface area (Å²) in [5.41, 5.74) is 3.92. The molecule has 0 radical (unpaired) electrons. The van der Waals surface area contributed by atoms with E-state index < -0.39 is 0 Å². The van der Waals surface area contributed by atoms with Gasteiger partial charge in [-0.3, -0.25) is 4.90 Å². The summed E-state index contributed by atoms with van der Waals surface area (Å²) in [6.45, 7) is 3.25. The van der Waals surface area contributed by atoms with E-state index in [9.17, 15) is 0 Å². The summed E-state index contributed by atoms with van der Waals surface area (Å²) in [7, 11) is 2.04. The highest BCUT2D eigenvalue weighted by Gasteiger charge is 2.16. The van der Waals surface area contributed by atoms with Gasteiger partial charge in [-0.05, 0) is 42.6 Å². The Labute approximate surface area is 169 Å². The van der Waals surface area contributed by atoms with Crippen LogP contribution in [0.2, 0.25) is 5.02 Å². The highest BCUT2D eigenvalue weighted by molar-refractivity contribution is 7.99. The van der Waals surface area contributed by atoms with Crippen LogP contribution in [0.15, 0.2) is 53.7 Å². The molecule has 0 aliphatic carbocycles. The average Bonchev–Trinajstić information content (AvgIpc) is 3.06. The molecule has 0 fully saturated rings. The summed E-state index contributed by atoms with van der Waals surface area (Å²) >= 11 is 7.88. The molecule has 0 N–H and O–H groups in total. The molecule has 0 saturated heterocycles. The molecule has 0 saturated carbocycles. The van der Waals surface area contributed by atoms with Crippen molar-refractivity contribution in [2.75, 3.05) is 18.8 Å². The summed E-state index contributed by atoms with van der Waals surface area (Å²) in [4.78, 5) is 2.53. The van der Waals surface area contributed by atoms with Crippen molar-refractivity contribution in [2.24, 2.45) is 7.05 Å². The van der Waals surface area contributed by atoms with Gasteiger partial charge >= 0.3 is 0 Å². The Balaban J connectivity index is 1.28. The van der Waals surface area contributed by atoms with Crippen LogP contribution in [0.4, 0.5) is 0 Å². The van der Waals surface area contributed by atoms with Gasteiger partial charge in [0, 0.05) is 36.5 Å². The Bertz CT molecular complexity index is 910. The fraction of sp³-hybridized carbons (Fsp3) is 0.333. The molecule has 0 amide bonds. The predicted molar refractivity (Wildman–Crippen MR) is 112 cm³/mol. The van der Waals surface area contributed by atoms with Crippen molar-refractivity contribution in [3.05, 3.63) is 64.7 Å². The number of hydrogen-bond acceptors (Lipinski definition) is 4. The topological polar surface area (TPSA) is 34.0 Å². The summed E-state index contributed by atoms with van der Waals surface area (Å²) < 4.78 is 2.08. The van der Waals surface area contributed by atoms with E-state index in [0.29, 0.717) is 0 Å². The lowest BCUT2D eigenvalue weighted by atomic mass is 10.00. The van der Waals surface area contributed by atoms with E-state index in [2.05, 4.69) is 43.9 Å². The summed E-state index contributed by atoms with van der Waals surface area (Å²) in [5.74, 6) is 1.97. The Hall–Kier alpha value is -1.82. The van der Waals surface area contributed by atoms with E-state index in [0.717, 1.165) is 59.8 Å². The smallest absolute Gasteiger partial charge is 0.191 e. The molecule has 6 heteroatoms. The first-order valence-electron chi connectivity index (χ1n) is 9.28. The fourth-order valence-electron chi connectivity index (χ4n) is 3.50. The normalized spacial score (nSPS) is 14.3. The van der Waals surface area contributed by atoms with Crippen molar-refractivity contribution in [3.8, 4) is 11.4 Å². The number of nitrogens with zero attached hydrogens (tertiary/aromatic N) is 4. The van der Waals surface area contributed by atoms with Crippen LogP contribution in [-0.4, -0.2) is 38.5 Å². The number of aromatic nitrogens is 3. The largest absolute Gasteiger partial charge is 0.305 e. The summed E-state index contributed by atoms with van der Waals surface area (Å²) in [5, 5.41) is 10.5. The highest BCUT2D eigenvalue weighted by Crippen LogP contribution is 2.25. The Morgan fingerprint density at radius 1 is 1.07 bits per heavy atom. The molecular formula is C21H23ClN4S. The van der Waals surface area contributed by atoms with Gasteiger partial charge in [0.05, 0.1) is 0 Å². The van der Waals surface area contributed by atoms with Gasteiger partial charge in [0.1, 0.15) is 0 Å². The van der Waals surface area contributed by atoms with Crippen LogP contribution < -0.4 is 0 Å². The molecule has 2 heterocycles. The minimum Gasteiger partial charge on any atom is -0.305 e. The van der Waals surface area contributed by atoms with Crippen LogP contribution >= 0.6 is 23.4 Å². The third kappa shape index (κ3) is 4.37. The minimum atomic E-state index is 0.845. The number of hydrogen-bond donors (Lipinski definition) is 0. The van der Waals surface area contributed by atoms with E-state index in [1.165, 1.54) is 11.1 Å². The van der Waals surface area contributed by atoms with Crippen LogP contribution in [0.25, 0.3) is 11.4 Å². The molecule has 0 atom stereocenters. The molecule has 0 bridgehead atoms. The monoisotopic (exact) mass is 398 g/mol. The van der Waals surface area contributed by atoms with E-state index in [1.54, 1.807) is 11.8 Å². The Morgan fingerprint density at radius 2 is 1.93 bits per heavy atom. The molecule has 2 aromatic carbocycles. The van der Waals surface area contributed by atoms with Gasteiger partial charge in [0.2, 0.25) is 0 Å². The molecule has 4 nitrogen and oxygen atoms in total. The zero-order valence-electron chi connectivity index (χ0n) is 15.4. The number of rotatable bonds is 6. The maximum atomic E-state index is 6.10. The van der Waals surface area contributed by atoms with E-state index in [-0.39, 0.29) is 0 Å². The third-order valence-corrected chi connectivity index (χ3v) is 6.32. The second kappa shape index (κ2) is 8.46. The van der Waals surface area contributed by atoms with Gasteiger partial charge in [-0.25, -0.2) is 0 Å². The lowest BCUT2D eigenvalue weighted by Crippen LogP contribution is -2.31. The maximum Gasteiger partial charge on any atom is 0.191 e. The van der Waals surface area contributed by atoms with Crippen LogP contribution in [-0.2, 0) is 20.0 Å². The molecule has 27 heavy (non-hydrogen) atoms. The van der Waals surface area contributed by atoms with Crippen molar-refractivity contribution < 1.29 is 0 Å². The highest BCUT2D eigenvalue weighted by atomic mass is 35.5. The van der Waals surface area contributed by atoms with Crippen molar-refractivity contribution in [2.45, 2.75) is 24.5 Å². The molecular weight excluding hydrogens is 376 g/mol. The number of fused-ring (bicyclic) bond motifs is 1. The Morgan fingerprint density at radius 3 is 2.78 bits per heavy atom. The van der Waals surface area contributed by atoms with Crippen molar-refractivity contribution in [1.29, 1.82) is 0 Å². The molecule has 0 spiro atoms. The van der Waals surface area contributed by atoms with Gasteiger partial charge in [-0.2, -0.15) is 0 Å². The van der Waals surface area contributed by atoms with Crippen LogP contribution in [0.3, 0.4) is 0 Å². The zero-order chi connectivity index (χ0) is 18.6. The first-order valence-corrected chi connectivity index (χ1v) is 10.6. The molecule has 4 rings (SSSR count). The second-order valence-corrected chi connectivity index (χ2v) is 8.37. The van der Waals surface area contributed by atoms with Crippen molar-refractivity contribution in [1.82, 2.24) is 19.7 Å². The maximum absolute atomic E-state index is 6.10. The van der Waals surface area contributed by atoms with Gasteiger partial charge in [-0.1, -0.05) is 59.8 Å². The second-order valence-electron chi connectivity index (χ2n) is 6.87. The number of halogens is 1. The first kappa shape index (κ1) is 18.5. The average molecular weight is 399 g/mol. The molecule has 140 valence electrons. The SMILES string of the molecule is Cn1c(SCCCN2CCc3cc(Cl)ccc3C2)nnc1-c1ccccc1. The van der Waals surface area contributed by atoms with Gasteiger partial charge in [-0.15, -0.1) is 10.2 Å². The lowest BCUT2D eigenvalue weighted by molar-refractivity contribution is 0.255. The van der Waals surface area contributed by atoms with E-state index in [1.807, 2.05) is 31.3 Å². The fourth-order valence-corrected chi connectivity index (χ4v) is 4.53. The zero-order valence-corrected chi connectivity index (χ0v) is 17.0.